The van der Waals surface area contributed by atoms with Gasteiger partial charge in [-0.1, -0.05) is 34.4 Å². The predicted octanol–water partition coefficient (Wildman–Crippen LogP) is 4.57. The molecule has 0 bridgehead atoms. The molecule has 0 unspecified atom stereocenters. The molecule has 0 radical (unpaired) electrons. The first-order chi connectivity index (χ1) is 11.4. The summed E-state index contributed by atoms with van der Waals surface area (Å²) in [6.45, 7) is 0. The molecule has 0 aliphatic heterocycles. The SMILES string of the molecule is O=C(Nc1nnc(-c2cc(Cl)cc(Cl)c2)o1)c1c(F)cccc1F. The third kappa shape index (κ3) is 3.37. The maximum absolute atomic E-state index is 13.6. The van der Waals surface area contributed by atoms with Crippen molar-refractivity contribution in [3.8, 4) is 11.5 Å². The van der Waals surface area contributed by atoms with Gasteiger partial charge in [-0.15, -0.1) is 5.10 Å². The molecule has 1 heterocycles. The maximum atomic E-state index is 13.6. The van der Waals surface area contributed by atoms with E-state index in [1.807, 2.05) is 0 Å². The number of carbonyl (C=O) groups is 1. The fourth-order valence-corrected chi connectivity index (χ4v) is 2.47. The van der Waals surface area contributed by atoms with Gasteiger partial charge < -0.3 is 4.42 Å². The van der Waals surface area contributed by atoms with Crippen LogP contribution >= 0.6 is 23.2 Å². The van der Waals surface area contributed by atoms with Crippen molar-refractivity contribution in [1.82, 2.24) is 10.2 Å². The van der Waals surface area contributed by atoms with Gasteiger partial charge in [0.15, 0.2) is 0 Å². The quantitative estimate of drug-likeness (QED) is 0.733. The van der Waals surface area contributed by atoms with Crippen molar-refractivity contribution in [3.63, 3.8) is 0 Å². The van der Waals surface area contributed by atoms with Gasteiger partial charge in [0.2, 0.25) is 5.89 Å². The second-order valence-corrected chi connectivity index (χ2v) is 5.49. The zero-order valence-electron chi connectivity index (χ0n) is 11.7. The number of halogens is 4. The molecule has 3 rings (SSSR count). The summed E-state index contributed by atoms with van der Waals surface area (Å²) in [5, 5.41) is 10.2. The average Bonchev–Trinajstić information content (AvgIpc) is 2.94. The number of anilines is 1. The molecule has 0 aliphatic carbocycles. The summed E-state index contributed by atoms with van der Waals surface area (Å²) >= 11 is 11.8. The Labute approximate surface area is 144 Å². The lowest BCUT2D eigenvalue weighted by Gasteiger charge is -2.03. The molecule has 1 amide bonds. The smallest absolute Gasteiger partial charge is 0.322 e. The van der Waals surface area contributed by atoms with E-state index in [9.17, 15) is 13.6 Å². The van der Waals surface area contributed by atoms with Crippen molar-refractivity contribution in [1.29, 1.82) is 0 Å². The van der Waals surface area contributed by atoms with Gasteiger partial charge >= 0.3 is 6.01 Å². The highest BCUT2D eigenvalue weighted by Crippen LogP contribution is 2.27. The Morgan fingerprint density at radius 2 is 1.67 bits per heavy atom. The molecule has 0 aliphatic rings. The zero-order chi connectivity index (χ0) is 17.3. The summed E-state index contributed by atoms with van der Waals surface area (Å²) < 4.78 is 32.4. The van der Waals surface area contributed by atoms with Gasteiger partial charge in [0.25, 0.3) is 5.91 Å². The van der Waals surface area contributed by atoms with Gasteiger partial charge in [-0.25, -0.2) is 8.78 Å². The van der Waals surface area contributed by atoms with Crippen LogP contribution in [0.25, 0.3) is 11.5 Å². The summed E-state index contributed by atoms with van der Waals surface area (Å²) in [6.07, 6.45) is 0. The number of hydrogen-bond acceptors (Lipinski definition) is 4. The lowest BCUT2D eigenvalue weighted by molar-refractivity contribution is 0.101. The Hall–Kier alpha value is -2.51. The molecule has 0 saturated carbocycles. The van der Waals surface area contributed by atoms with E-state index in [1.54, 1.807) is 0 Å². The summed E-state index contributed by atoms with van der Waals surface area (Å²) in [5.74, 6) is -3.03. The standard InChI is InChI=1S/C15H7Cl2F2N3O2/c16-8-4-7(5-9(17)6-8)14-21-22-15(24-14)20-13(23)12-10(18)2-1-3-11(12)19/h1-6H,(H,20,22,23). The highest BCUT2D eigenvalue weighted by molar-refractivity contribution is 6.35. The van der Waals surface area contributed by atoms with Crippen LogP contribution in [0.3, 0.4) is 0 Å². The van der Waals surface area contributed by atoms with Crippen LogP contribution in [0.1, 0.15) is 10.4 Å². The molecule has 3 aromatic rings. The van der Waals surface area contributed by atoms with Crippen molar-refractivity contribution >= 4 is 35.1 Å². The van der Waals surface area contributed by atoms with Crippen LogP contribution in [-0.2, 0) is 0 Å². The van der Waals surface area contributed by atoms with E-state index in [0.29, 0.717) is 15.6 Å². The topological polar surface area (TPSA) is 68.0 Å². The minimum Gasteiger partial charge on any atom is -0.403 e. The Bertz CT molecular complexity index is 890. The van der Waals surface area contributed by atoms with Gasteiger partial charge in [0.1, 0.15) is 17.2 Å². The number of hydrogen-bond donors (Lipinski definition) is 1. The number of aromatic nitrogens is 2. The Kier molecular flexibility index (Phi) is 4.46. The van der Waals surface area contributed by atoms with E-state index < -0.39 is 23.1 Å². The van der Waals surface area contributed by atoms with Gasteiger partial charge in [-0.05, 0) is 30.3 Å². The number of amides is 1. The third-order valence-electron chi connectivity index (χ3n) is 2.94. The van der Waals surface area contributed by atoms with Gasteiger partial charge in [0.05, 0.1) is 0 Å². The number of nitrogens with zero attached hydrogens (tertiary/aromatic N) is 2. The molecule has 24 heavy (non-hydrogen) atoms. The second-order valence-electron chi connectivity index (χ2n) is 4.62. The van der Waals surface area contributed by atoms with Crippen molar-refractivity contribution < 1.29 is 18.0 Å². The summed E-state index contributed by atoms with van der Waals surface area (Å²) in [7, 11) is 0. The van der Waals surface area contributed by atoms with Crippen LogP contribution in [0.5, 0.6) is 0 Å². The van der Waals surface area contributed by atoms with Crippen LogP contribution in [0.2, 0.25) is 10.0 Å². The second kappa shape index (κ2) is 6.54. The van der Waals surface area contributed by atoms with Crippen LogP contribution < -0.4 is 5.32 Å². The minimum absolute atomic E-state index is 0.0312. The lowest BCUT2D eigenvalue weighted by Crippen LogP contribution is -2.16. The first-order valence-corrected chi connectivity index (χ1v) is 7.25. The third-order valence-corrected chi connectivity index (χ3v) is 3.38. The van der Waals surface area contributed by atoms with Crippen molar-refractivity contribution in [2.45, 2.75) is 0 Å². The fraction of sp³-hybridized carbons (Fsp3) is 0. The summed E-state index contributed by atoms with van der Waals surface area (Å²) in [5.41, 5.74) is -0.319. The molecule has 1 aromatic heterocycles. The molecular formula is C15H7Cl2F2N3O2. The van der Waals surface area contributed by atoms with Crippen LogP contribution in [0.15, 0.2) is 40.8 Å². The largest absolute Gasteiger partial charge is 0.403 e. The van der Waals surface area contributed by atoms with Gasteiger partial charge in [0, 0.05) is 15.6 Å². The number of nitrogens with one attached hydrogen (secondary N) is 1. The van der Waals surface area contributed by atoms with E-state index in [2.05, 4.69) is 15.5 Å². The van der Waals surface area contributed by atoms with Crippen molar-refractivity contribution in [2.75, 3.05) is 5.32 Å². The first-order valence-electron chi connectivity index (χ1n) is 6.49. The van der Waals surface area contributed by atoms with Gasteiger partial charge in [-0.2, -0.15) is 0 Å². The zero-order valence-corrected chi connectivity index (χ0v) is 13.2. The normalized spacial score (nSPS) is 10.7. The monoisotopic (exact) mass is 369 g/mol. The predicted molar refractivity (Wildman–Crippen MR) is 84.1 cm³/mol. The van der Waals surface area contributed by atoms with Crippen molar-refractivity contribution in [2.24, 2.45) is 0 Å². The Morgan fingerprint density at radius 1 is 1.04 bits per heavy atom. The average molecular weight is 370 g/mol. The Morgan fingerprint density at radius 3 is 2.29 bits per heavy atom. The fourth-order valence-electron chi connectivity index (χ4n) is 1.94. The van der Waals surface area contributed by atoms with Crippen LogP contribution in [0.4, 0.5) is 14.8 Å². The summed E-state index contributed by atoms with van der Waals surface area (Å²) in [4.78, 5) is 11.9. The molecule has 1 N–H and O–H groups in total. The molecule has 0 spiro atoms. The van der Waals surface area contributed by atoms with Crippen molar-refractivity contribution in [3.05, 3.63) is 63.6 Å². The van der Waals surface area contributed by atoms with E-state index >= 15 is 0 Å². The molecule has 9 heteroatoms. The Balaban J connectivity index is 1.85. The van der Waals surface area contributed by atoms with E-state index in [1.165, 1.54) is 18.2 Å². The lowest BCUT2D eigenvalue weighted by atomic mass is 10.2. The highest BCUT2D eigenvalue weighted by Gasteiger charge is 2.19. The van der Waals surface area contributed by atoms with Crippen LogP contribution in [0, 0.1) is 11.6 Å². The van der Waals surface area contributed by atoms with E-state index in [0.717, 1.165) is 18.2 Å². The molecule has 5 nitrogen and oxygen atoms in total. The molecule has 0 fully saturated rings. The highest BCUT2D eigenvalue weighted by atomic mass is 35.5. The number of rotatable bonds is 3. The molecule has 122 valence electrons. The van der Waals surface area contributed by atoms with E-state index in [-0.39, 0.29) is 11.9 Å². The minimum atomic E-state index is -1.05. The van der Waals surface area contributed by atoms with Crippen LogP contribution in [-0.4, -0.2) is 16.1 Å². The van der Waals surface area contributed by atoms with E-state index in [4.69, 9.17) is 27.6 Å². The molecule has 2 aromatic carbocycles. The van der Waals surface area contributed by atoms with Gasteiger partial charge in [-0.3, -0.25) is 10.1 Å². The first kappa shape index (κ1) is 16.4. The molecular weight excluding hydrogens is 363 g/mol. The number of carbonyl (C=O) groups excluding carboxylic acids is 1. The maximum Gasteiger partial charge on any atom is 0.322 e. The number of benzene rings is 2. The molecule has 0 saturated heterocycles. The molecule has 0 atom stereocenters. The summed E-state index contributed by atoms with van der Waals surface area (Å²) in [6, 6.07) is 7.33.